The fourth-order valence-electron chi connectivity index (χ4n) is 1.48. The summed E-state index contributed by atoms with van der Waals surface area (Å²) in [5.74, 6) is -1.09. The highest BCUT2D eigenvalue weighted by Gasteiger charge is 2.14. The number of benzene rings is 1. The first-order valence-corrected chi connectivity index (χ1v) is 6.02. The molecule has 5 heteroatoms. The maximum absolute atomic E-state index is 11.8. The van der Waals surface area contributed by atoms with Crippen LogP contribution in [-0.4, -0.2) is 25.2 Å². The largest absolute Gasteiger partial charge is 0.458 e. The zero-order chi connectivity index (χ0) is 15.0. The van der Waals surface area contributed by atoms with Crippen LogP contribution in [0.1, 0.15) is 26.3 Å². The van der Waals surface area contributed by atoms with E-state index in [-0.39, 0.29) is 30.9 Å². The van der Waals surface area contributed by atoms with Gasteiger partial charge in [-0.05, 0) is 23.8 Å². The van der Waals surface area contributed by atoms with Crippen molar-refractivity contribution < 1.29 is 19.1 Å². The number of nitrogens with two attached hydrogens (primary N) is 1. The average molecular weight is 275 g/mol. The summed E-state index contributed by atoms with van der Waals surface area (Å²) in [6.07, 6.45) is 2.92. The molecule has 1 aromatic carbocycles. The van der Waals surface area contributed by atoms with Crippen molar-refractivity contribution in [1.82, 2.24) is 0 Å². The Kier molecular flexibility index (Phi) is 6.19. The fourth-order valence-corrected chi connectivity index (χ4v) is 1.48. The van der Waals surface area contributed by atoms with Crippen molar-refractivity contribution in [2.45, 2.75) is 6.54 Å². The Morgan fingerprint density at radius 1 is 1.00 bits per heavy atom. The molecule has 0 bridgehead atoms. The molecule has 0 atom stereocenters. The molecule has 1 aromatic rings. The Morgan fingerprint density at radius 2 is 1.45 bits per heavy atom. The van der Waals surface area contributed by atoms with E-state index < -0.39 is 11.9 Å². The van der Waals surface area contributed by atoms with Gasteiger partial charge in [0, 0.05) is 6.54 Å². The summed E-state index contributed by atoms with van der Waals surface area (Å²) in [5.41, 5.74) is 6.69. The number of hydrogen-bond donors (Lipinski definition) is 1. The van der Waals surface area contributed by atoms with Gasteiger partial charge in [0.15, 0.2) is 0 Å². The highest BCUT2D eigenvalue weighted by Crippen LogP contribution is 2.13. The molecule has 0 saturated carbocycles. The first kappa shape index (κ1) is 15.7. The summed E-state index contributed by atoms with van der Waals surface area (Å²) < 4.78 is 9.85. The van der Waals surface area contributed by atoms with Crippen LogP contribution in [0, 0.1) is 0 Å². The highest BCUT2D eigenvalue weighted by atomic mass is 16.5. The standard InChI is InChI=1S/C15H17NO4/c1-3-5-19-14(17)12-7-11(10-16)8-13(9-12)15(18)20-6-4-2/h3-4,7-9H,1-2,5-6,10,16H2. The third-order valence-electron chi connectivity index (χ3n) is 2.36. The van der Waals surface area contributed by atoms with Gasteiger partial charge in [0.05, 0.1) is 11.1 Å². The van der Waals surface area contributed by atoms with Crippen LogP contribution in [0.5, 0.6) is 0 Å². The summed E-state index contributed by atoms with van der Waals surface area (Å²) in [4.78, 5) is 23.6. The van der Waals surface area contributed by atoms with Crippen molar-refractivity contribution in [3.05, 3.63) is 60.2 Å². The molecule has 0 aliphatic heterocycles. The van der Waals surface area contributed by atoms with Crippen molar-refractivity contribution in [2.24, 2.45) is 5.73 Å². The fraction of sp³-hybridized carbons (Fsp3) is 0.200. The quantitative estimate of drug-likeness (QED) is 0.606. The van der Waals surface area contributed by atoms with E-state index in [4.69, 9.17) is 15.2 Å². The lowest BCUT2D eigenvalue weighted by Crippen LogP contribution is -2.11. The summed E-state index contributed by atoms with van der Waals surface area (Å²) in [7, 11) is 0. The second-order valence-electron chi connectivity index (χ2n) is 3.90. The van der Waals surface area contributed by atoms with Crippen molar-refractivity contribution >= 4 is 11.9 Å². The molecule has 0 radical (unpaired) electrons. The molecular formula is C15H17NO4. The van der Waals surface area contributed by atoms with Gasteiger partial charge >= 0.3 is 11.9 Å². The summed E-state index contributed by atoms with van der Waals surface area (Å²) >= 11 is 0. The molecule has 0 aromatic heterocycles. The average Bonchev–Trinajstić information content (AvgIpc) is 2.49. The van der Waals surface area contributed by atoms with E-state index in [0.717, 1.165) is 0 Å². The van der Waals surface area contributed by atoms with Crippen LogP contribution in [0.25, 0.3) is 0 Å². The van der Waals surface area contributed by atoms with Crippen molar-refractivity contribution in [1.29, 1.82) is 0 Å². The van der Waals surface area contributed by atoms with E-state index in [0.29, 0.717) is 5.56 Å². The Balaban J connectivity index is 3.01. The number of esters is 2. The molecule has 0 amide bonds. The molecule has 0 unspecified atom stereocenters. The molecule has 0 aliphatic carbocycles. The summed E-state index contributed by atoms with van der Waals surface area (Å²) in [6.45, 7) is 7.31. The van der Waals surface area contributed by atoms with Gasteiger partial charge in [-0.2, -0.15) is 0 Å². The third kappa shape index (κ3) is 4.37. The van der Waals surface area contributed by atoms with Crippen LogP contribution in [0.15, 0.2) is 43.5 Å². The van der Waals surface area contributed by atoms with Crippen LogP contribution in [0.3, 0.4) is 0 Å². The summed E-state index contributed by atoms with van der Waals surface area (Å²) in [5, 5.41) is 0. The monoisotopic (exact) mass is 275 g/mol. The predicted molar refractivity (Wildman–Crippen MR) is 75.3 cm³/mol. The number of ether oxygens (including phenoxy) is 2. The van der Waals surface area contributed by atoms with Gasteiger partial charge < -0.3 is 15.2 Å². The van der Waals surface area contributed by atoms with E-state index in [2.05, 4.69) is 13.2 Å². The SMILES string of the molecule is C=CCOC(=O)c1cc(CN)cc(C(=O)OCC=C)c1. The smallest absolute Gasteiger partial charge is 0.338 e. The zero-order valence-corrected chi connectivity index (χ0v) is 11.1. The molecule has 106 valence electrons. The number of rotatable bonds is 7. The van der Waals surface area contributed by atoms with Gasteiger partial charge in [-0.15, -0.1) is 0 Å². The molecule has 5 nitrogen and oxygen atoms in total. The van der Waals surface area contributed by atoms with Crippen molar-refractivity contribution in [3.63, 3.8) is 0 Å². The van der Waals surface area contributed by atoms with Crippen molar-refractivity contribution in [3.8, 4) is 0 Å². The predicted octanol–water partition coefficient (Wildman–Crippen LogP) is 1.83. The Morgan fingerprint density at radius 3 is 1.80 bits per heavy atom. The normalized spacial score (nSPS) is 9.65. The molecule has 0 saturated heterocycles. The van der Waals surface area contributed by atoms with Crippen LogP contribution < -0.4 is 5.73 Å². The van der Waals surface area contributed by atoms with E-state index in [1.54, 1.807) is 12.1 Å². The zero-order valence-electron chi connectivity index (χ0n) is 11.1. The second-order valence-corrected chi connectivity index (χ2v) is 3.90. The molecule has 2 N–H and O–H groups in total. The van der Waals surface area contributed by atoms with Gasteiger partial charge in [-0.25, -0.2) is 9.59 Å². The number of carbonyl (C=O) groups excluding carboxylic acids is 2. The molecular weight excluding hydrogens is 258 g/mol. The first-order valence-electron chi connectivity index (χ1n) is 6.02. The maximum atomic E-state index is 11.8. The lowest BCUT2D eigenvalue weighted by atomic mass is 10.1. The Labute approximate surface area is 117 Å². The summed E-state index contributed by atoms with van der Waals surface area (Å²) in [6, 6.07) is 4.57. The minimum Gasteiger partial charge on any atom is -0.458 e. The van der Waals surface area contributed by atoms with Crippen molar-refractivity contribution in [2.75, 3.05) is 13.2 Å². The Hall–Kier alpha value is -2.40. The van der Waals surface area contributed by atoms with E-state index in [9.17, 15) is 9.59 Å². The van der Waals surface area contributed by atoms with Gasteiger partial charge in [-0.1, -0.05) is 25.3 Å². The molecule has 20 heavy (non-hydrogen) atoms. The van der Waals surface area contributed by atoms with E-state index >= 15 is 0 Å². The van der Waals surface area contributed by atoms with Gasteiger partial charge in [0.2, 0.25) is 0 Å². The number of hydrogen-bond acceptors (Lipinski definition) is 5. The molecule has 1 rings (SSSR count). The van der Waals surface area contributed by atoms with E-state index in [1.807, 2.05) is 0 Å². The topological polar surface area (TPSA) is 78.6 Å². The third-order valence-corrected chi connectivity index (χ3v) is 2.36. The first-order chi connectivity index (χ1) is 9.62. The number of carbonyl (C=O) groups is 2. The minimum atomic E-state index is -0.544. The van der Waals surface area contributed by atoms with E-state index in [1.165, 1.54) is 18.2 Å². The van der Waals surface area contributed by atoms with Crippen LogP contribution in [-0.2, 0) is 16.0 Å². The molecule has 0 heterocycles. The highest BCUT2D eigenvalue weighted by molar-refractivity contribution is 5.95. The lowest BCUT2D eigenvalue weighted by molar-refractivity contribution is 0.0548. The molecule has 0 fully saturated rings. The second kappa shape index (κ2) is 7.91. The van der Waals surface area contributed by atoms with Crippen LogP contribution >= 0.6 is 0 Å². The Bertz CT molecular complexity index is 480. The molecule has 0 spiro atoms. The minimum absolute atomic E-state index is 0.0991. The maximum Gasteiger partial charge on any atom is 0.338 e. The lowest BCUT2D eigenvalue weighted by Gasteiger charge is -2.08. The van der Waals surface area contributed by atoms with Gasteiger partial charge in [0.1, 0.15) is 13.2 Å². The van der Waals surface area contributed by atoms with Crippen LogP contribution in [0.2, 0.25) is 0 Å². The van der Waals surface area contributed by atoms with Gasteiger partial charge in [-0.3, -0.25) is 0 Å². The molecule has 0 aliphatic rings. The van der Waals surface area contributed by atoms with Gasteiger partial charge in [0.25, 0.3) is 0 Å². The van der Waals surface area contributed by atoms with Crippen LogP contribution in [0.4, 0.5) is 0 Å².